The fraction of sp³-hybridized carbons (Fsp3) is 0.308. The normalized spacial score (nSPS) is 16.6. The van der Waals surface area contributed by atoms with Crippen molar-refractivity contribution in [2.24, 2.45) is 0 Å². The quantitative estimate of drug-likeness (QED) is 0.167. The lowest BCUT2D eigenvalue weighted by Gasteiger charge is -2.23. The van der Waals surface area contributed by atoms with Crippen LogP contribution in [0.25, 0.3) is 0 Å². The molecule has 1 aliphatic rings. The Labute approximate surface area is 222 Å². The second-order valence-electron chi connectivity index (χ2n) is 8.46. The number of nitrogens with zero attached hydrogens (tertiary/aromatic N) is 3. The van der Waals surface area contributed by atoms with Crippen molar-refractivity contribution in [2.45, 2.75) is 38.5 Å². The highest BCUT2D eigenvalue weighted by Gasteiger charge is 2.39. The first-order chi connectivity index (χ1) is 18.3. The standard InChI is InChI=1S/C26H25N3O8S/c1-2-35-25(31)22-16-38-23(27-22)13-20-12-21(37-24(30)18-6-4-3-5-7-18)14-28(20)26(32)36-15-17-8-10-19(11-9-17)29(33)34/h3-11,16,20-21H,2,12-15H2,1H3/t20-,21+/m0/s1. The minimum absolute atomic E-state index is 0.0617. The van der Waals surface area contributed by atoms with Gasteiger partial charge in [-0.05, 0) is 36.8 Å². The molecular weight excluding hydrogens is 514 g/mol. The minimum Gasteiger partial charge on any atom is -0.461 e. The molecule has 0 saturated carbocycles. The molecule has 1 saturated heterocycles. The van der Waals surface area contributed by atoms with Crippen LogP contribution < -0.4 is 0 Å². The zero-order valence-corrected chi connectivity index (χ0v) is 21.3. The molecule has 0 bridgehead atoms. The molecule has 0 radical (unpaired) electrons. The van der Waals surface area contributed by atoms with Crippen molar-refractivity contribution in [3.63, 3.8) is 0 Å². The van der Waals surface area contributed by atoms with E-state index in [9.17, 15) is 24.5 Å². The Kier molecular flexibility index (Phi) is 8.64. The van der Waals surface area contributed by atoms with Crippen molar-refractivity contribution < 1.29 is 33.5 Å². The molecule has 0 unspecified atom stereocenters. The zero-order valence-electron chi connectivity index (χ0n) is 20.5. The first-order valence-electron chi connectivity index (χ1n) is 11.9. The number of nitro groups is 1. The van der Waals surface area contributed by atoms with Gasteiger partial charge in [0, 0.05) is 36.4 Å². The van der Waals surface area contributed by atoms with Gasteiger partial charge in [-0.15, -0.1) is 11.3 Å². The number of esters is 2. The number of non-ortho nitro benzene ring substituents is 1. The van der Waals surface area contributed by atoms with Gasteiger partial charge in [-0.3, -0.25) is 10.1 Å². The second-order valence-corrected chi connectivity index (χ2v) is 9.41. The molecule has 0 aliphatic carbocycles. The Morgan fingerprint density at radius 2 is 1.82 bits per heavy atom. The highest BCUT2D eigenvalue weighted by Crippen LogP contribution is 2.27. The number of aromatic nitrogens is 1. The number of hydrogen-bond acceptors (Lipinski definition) is 10. The lowest BCUT2D eigenvalue weighted by molar-refractivity contribution is -0.384. The van der Waals surface area contributed by atoms with Gasteiger partial charge in [0.25, 0.3) is 5.69 Å². The summed E-state index contributed by atoms with van der Waals surface area (Å²) >= 11 is 1.28. The Hall–Kier alpha value is -4.32. The third-order valence-electron chi connectivity index (χ3n) is 5.85. The van der Waals surface area contributed by atoms with Gasteiger partial charge in [0.2, 0.25) is 0 Å². The predicted octanol–water partition coefficient (Wildman–Crippen LogP) is 4.41. The molecule has 1 fully saturated rings. The third-order valence-corrected chi connectivity index (χ3v) is 6.72. The van der Waals surface area contributed by atoms with Crippen LogP contribution in [0.2, 0.25) is 0 Å². The van der Waals surface area contributed by atoms with Gasteiger partial charge in [-0.2, -0.15) is 0 Å². The number of ether oxygens (including phenoxy) is 3. The van der Waals surface area contributed by atoms with E-state index in [0.717, 1.165) is 0 Å². The average Bonchev–Trinajstić information content (AvgIpc) is 3.55. The molecule has 38 heavy (non-hydrogen) atoms. The fourth-order valence-corrected chi connectivity index (χ4v) is 4.85. The van der Waals surface area contributed by atoms with E-state index in [1.54, 1.807) is 42.6 Å². The highest BCUT2D eigenvalue weighted by molar-refractivity contribution is 7.09. The smallest absolute Gasteiger partial charge is 0.410 e. The van der Waals surface area contributed by atoms with Crippen LogP contribution in [0.3, 0.4) is 0 Å². The largest absolute Gasteiger partial charge is 0.461 e. The number of thiazole rings is 1. The van der Waals surface area contributed by atoms with Gasteiger partial charge in [-0.1, -0.05) is 18.2 Å². The molecule has 2 heterocycles. The Bertz CT molecular complexity index is 1300. The molecule has 198 valence electrons. The van der Waals surface area contributed by atoms with Gasteiger partial charge in [0.1, 0.15) is 12.7 Å². The maximum atomic E-state index is 13.1. The van der Waals surface area contributed by atoms with Crippen molar-refractivity contribution in [1.29, 1.82) is 0 Å². The van der Waals surface area contributed by atoms with Crippen molar-refractivity contribution in [3.8, 4) is 0 Å². The Balaban J connectivity index is 1.44. The van der Waals surface area contributed by atoms with Crippen molar-refractivity contribution >= 4 is 35.1 Å². The van der Waals surface area contributed by atoms with Crippen LogP contribution in [0.1, 0.15) is 44.8 Å². The first-order valence-corrected chi connectivity index (χ1v) is 12.8. The van der Waals surface area contributed by atoms with Crippen LogP contribution in [0.5, 0.6) is 0 Å². The number of hydrogen-bond donors (Lipinski definition) is 0. The van der Waals surface area contributed by atoms with Crippen LogP contribution in [0.15, 0.2) is 60.0 Å². The number of carbonyl (C=O) groups is 3. The van der Waals surface area contributed by atoms with Gasteiger partial charge in [0.15, 0.2) is 5.69 Å². The van der Waals surface area contributed by atoms with E-state index in [-0.39, 0.29) is 31.1 Å². The topological polar surface area (TPSA) is 138 Å². The zero-order chi connectivity index (χ0) is 27.1. The van der Waals surface area contributed by atoms with E-state index in [1.165, 1.54) is 40.5 Å². The molecule has 1 aromatic heterocycles. The number of amides is 1. The lowest BCUT2D eigenvalue weighted by atomic mass is 10.1. The summed E-state index contributed by atoms with van der Waals surface area (Å²) in [5, 5.41) is 13.1. The summed E-state index contributed by atoms with van der Waals surface area (Å²) in [5.41, 5.74) is 1.13. The summed E-state index contributed by atoms with van der Waals surface area (Å²) in [7, 11) is 0. The molecule has 1 amide bonds. The van der Waals surface area contributed by atoms with E-state index in [0.29, 0.717) is 29.0 Å². The number of likely N-dealkylation sites (tertiary alicyclic amines) is 1. The maximum Gasteiger partial charge on any atom is 0.410 e. The van der Waals surface area contributed by atoms with Crippen LogP contribution >= 0.6 is 11.3 Å². The van der Waals surface area contributed by atoms with E-state index in [4.69, 9.17) is 14.2 Å². The molecular formula is C26H25N3O8S. The molecule has 0 N–H and O–H groups in total. The molecule has 3 aromatic rings. The van der Waals surface area contributed by atoms with E-state index in [2.05, 4.69) is 4.98 Å². The summed E-state index contributed by atoms with van der Waals surface area (Å²) in [6.45, 7) is 1.98. The summed E-state index contributed by atoms with van der Waals surface area (Å²) < 4.78 is 16.1. The molecule has 2 atom stereocenters. The fourth-order valence-electron chi connectivity index (χ4n) is 4.02. The third kappa shape index (κ3) is 6.71. The Morgan fingerprint density at radius 1 is 1.08 bits per heavy atom. The van der Waals surface area contributed by atoms with Gasteiger partial charge in [-0.25, -0.2) is 19.4 Å². The van der Waals surface area contributed by atoms with Gasteiger partial charge >= 0.3 is 18.0 Å². The molecule has 2 aromatic carbocycles. The number of rotatable bonds is 9. The molecule has 12 heteroatoms. The van der Waals surface area contributed by atoms with Crippen LogP contribution in [0, 0.1) is 10.1 Å². The summed E-state index contributed by atoms with van der Waals surface area (Å²) in [5.74, 6) is -1.01. The van der Waals surface area contributed by atoms with Crippen molar-refractivity contribution in [1.82, 2.24) is 9.88 Å². The maximum absolute atomic E-state index is 13.1. The minimum atomic E-state index is -0.617. The predicted molar refractivity (Wildman–Crippen MR) is 136 cm³/mol. The Morgan fingerprint density at radius 3 is 2.50 bits per heavy atom. The van der Waals surface area contributed by atoms with E-state index in [1.807, 2.05) is 0 Å². The van der Waals surface area contributed by atoms with Crippen molar-refractivity contribution in [2.75, 3.05) is 13.2 Å². The summed E-state index contributed by atoms with van der Waals surface area (Å²) in [6, 6.07) is 13.9. The summed E-state index contributed by atoms with van der Waals surface area (Å²) in [4.78, 5) is 53.8. The van der Waals surface area contributed by atoms with E-state index < -0.39 is 35.1 Å². The number of carbonyl (C=O) groups excluding carboxylic acids is 3. The van der Waals surface area contributed by atoms with Crippen LogP contribution in [-0.2, 0) is 27.2 Å². The van der Waals surface area contributed by atoms with Gasteiger partial charge in [0.05, 0.1) is 28.6 Å². The van der Waals surface area contributed by atoms with E-state index >= 15 is 0 Å². The molecule has 1 aliphatic heterocycles. The number of nitro benzene ring substituents is 1. The second kappa shape index (κ2) is 12.3. The molecule has 11 nitrogen and oxygen atoms in total. The first kappa shape index (κ1) is 26.7. The monoisotopic (exact) mass is 539 g/mol. The lowest BCUT2D eigenvalue weighted by Crippen LogP contribution is -2.37. The number of benzene rings is 2. The SMILES string of the molecule is CCOC(=O)c1csc(C[C@@H]2C[C@@H](OC(=O)c3ccccc3)CN2C(=O)OCc2ccc([N+](=O)[O-])cc2)n1. The van der Waals surface area contributed by atoms with Gasteiger partial charge < -0.3 is 19.1 Å². The molecule has 0 spiro atoms. The van der Waals surface area contributed by atoms with Crippen molar-refractivity contribution in [3.05, 3.63) is 91.9 Å². The average molecular weight is 540 g/mol. The summed E-state index contributed by atoms with van der Waals surface area (Å²) in [6.07, 6.45) is -0.492. The highest BCUT2D eigenvalue weighted by atomic mass is 32.1. The molecule has 4 rings (SSSR count). The van der Waals surface area contributed by atoms with Crippen LogP contribution in [0.4, 0.5) is 10.5 Å². The van der Waals surface area contributed by atoms with Crippen LogP contribution in [-0.4, -0.2) is 58.1 Å².